The lowest BCUT2D eigenvalue weighted by Gasteiger charge is -2.46. The molecule has 0 aromatic carbocycles. The molecule has 2 aliphatic rings. The largest absolute Gasteiger partial charge is 0.394 e. The first kappa shape index (κ1) is 55.3. The molecule has 9 N–H and O–H groups in total. The van der Waals surface area contributed by atoms with E-state index in [9.17, 15) is 45.6 Å². The van der Waals surface area contributed by atoms with Gasteiger partial charge in [0, 0.05) is 6.42 Å². The third-order valence-corrected chi connectivity index (χ3v) is 11.6. The van der Waals surface area contributed by atoms with E-state index in [0.29, 0.717) is 12.8 Å². The number of carbonyl (C=O) groups is 1. The van der Waals surface area contributed by atoms with Gasteiger partial charge in [-0.25, -0.2) is 0 Å². The molecule has 2 saturated heterocycles. The van der Waals surface area contributed by atoms with Crippen LogP contribution in [0.15, 0.2) is 36.5 Å². The van der Waals surface area contributed by atoms with Crippen molar-refractivity contribution in [3.05, 3.63) is 36.5 Å². The van der Waals surface area contributed by atoms with Crippen LogP contribution in [0.5, 0.6) is 0 Å². The predicted molar refractivity (Wildman–Crippen MR) is 235 cm³/mol. The van der Waals surface area contributed by atoms with Crippen LogP contribution in [0.3, 0.4) is 0 Å². The molecule has 2 fully saturated rings. The van der Waals surface area contributed by atoms with Crippen LogP contribution < -0.4 is 5.32 Å². The fourth-order valence-corrected chi connectivity index (χ4v) is 7.60. The van der Waals surface area contributed by atoms with E-state index in [4.69, 9.17) is 18.9 Å². The van der Waals surface area contributed by atoms with Crippen molar-refractivity contribution in [2.75, 3.05) is 19.8 Å². The zero-order valence-electron chi connectivity index (χ0n) is 37.4. The fraction of sp³-hybridized carbons (Fsp3) is 0.851. The average molecular weight is 872 g/mol. The second kappa shape index (κ2) is 34.6. The quantitative estimate of drug-likeness (QED) is 0.0297. The van der Waals surface area contributed by atoms with Gasteiger partial charge in [0.2, 0.25) is 5.91 Å². The summed E-state index contributed by atoms with van der Waals surface area (Å²) in [7, 11) is 0. The molecule has 356 valence electrons. The Hall–Kier alpha value is -1.79. The van der Waals surface area contributed by atoms with Gasteiger partial charge in [0.25, 0.3) is 0 Å². The van der Waals surface area contributed by atoms with E-state index in [1.165, 1.54) is 83.5 Å². The number of hydrogen-bond donors (Lipinski definition) is 9. The second-order valence-electron chi connectivity index (χ2n) is 16.9. The van der Waals surface area contributed by atoms with Gasteiger partial charge in [0.05, 0.1) is 32.0 Å². The molecule has 2 aliphatic heterocycles. The first-order valence-corrected chi connectivity index (χ1v) is 23.7. The summed E-state index contributed by atoms with van der Waals surface area (Å²) in [6, 6.07) is -0.932. The topological polar surface area (TPSA) is 228 Å². The summed E-state index contributed by atoms with van der Waals surface area (Å²) < 4.78 is 22.6. The smallest absolute Gasteiger partial charge is 0.220 e. The third-order valence-electron chi connectivity index (χ3n) is 11.6. The van der Waals surface area contributed by atoms with Gasteiger partial charge in [-0.3, -0.25) is 4.79 Å². The van der Waals surface area contributed by atoms with Crippen molar-refractivity contribution >= 4 is 5.91 Å². The molecule has 2 heterocycles. The van der Waals surface area contributed by atoms with E-state index in [2.05, 4.69) is 43.5 Å². The van der Waals surface area contributed by atoms with E-state index < -0.39 is 86.8 Å². The van der Waals surface area contributed by atoms with Gasteiger partial charge in [-0.05, 0) is 38.5 Å². The Bertz CT molecular complexity index is 1170. The molecule has 0 spiro atoms. The van der Waals surface area contributed by atoms with E-state index in [1.807, 2.05) is 6.08 Å². The summed E-state index contributed by atoms with van der Waals surface area (Å²) in [6.07, 6.45) is 20.5. The highest BCUT2D eigenvalue weighted by Gasteiger charge is 2.50. The summed E-state index contributed by atoms with van der Waals surface area (Å²) in [5.41, 5.74) is 0. The van der Waals surface area contributed by atoms with Crippen molar-refractivity contribution in [1.29, 1.82) is 0 Å². The number of aliphatic hydroxyl groups excluding tert-OH is 8. The van der Waals surface area contributed by atoms with Gasteiger partial charge in [-0.15, -0.1) is 0 Å². The van der Waals surface area contributed by atoms with E-state index >= 15 is 0 Å². The fourth-order valence-electron chi connectivity index (χ4n) is 7.60. The summed E-state index contributed by atoms with van der Waals surface area (Å²) in [5, 5.41) is 86.5. The van der Waals surface area contributed by atoms with Gasteiger partial charge in [-0.2, -0.15) is 0 Å². The molecule has 0 aliphatic carbocycles. The van der Waals surface area contributed by atoms with Crippen LogP contribution >= 0.6 is 0 Å². The van der Waals surface area contributed by atoms with Gasteiger partial charge in [0.15, 0.2) is 12.6 Å². The van der Waals surface area contributed by atoms with Crippen molar-refractivity contribution in [3.63, 3.8) is 0 Å². The van der Waals surface area contributed by atoms with Crippen LogP contribution in [0.25, 0.3) is 0 Å². The molecule has 12 unspecified atom stereocenters. The number of carbonyl (C=O) groups excluding carboxylic acids is 1. The monoisotopic (exact) mass is 872 g/mol. The zero-order valence-corrected chi connectivity index (χ0v) is 37.4. The third kappa shape index (κ3) is 22.6. The first-order valence-electron chi connectivity index (χ1n) is 23.7. The number of hydrogen-bond acceptors (Lipinski definition) is 13. The Morgan fingerprint density at radius 3 is 1.59 bits per heavy atom. The molecular weight excluding hydrogens is 787 g/mol. The lowest BCUT2D eigenvalue weighted by atomic mass is 9.97. The van der Waals surface area contributed by atoms with Crippen molar-refractivity contribution in [1.82, 2.24) is 5.32 Å². The highest BCUT2D eigenvalue weighted by molar-refractivity contribution is 5.76. The first-order chi connectivity index (χ1) is 29.6. The zero-order chi connectivity index (χ0) is 44.7. The van der Waals surface area contributed by atoms with Crippen LogP contribution in [0, 0.1) is 0 Å². The Labute approximate surface area is 366 Å². The van der Waals surface area contributed by atoms with Crippen LogP contribution in [0.4, 0.5) is 0 Å². The molecule has 0 radical (unpaired) electrons. The lowest BCUT2D eigenvalue weighted by molar-refractivity contribution is -0.359. The SMILES string of the molecule is CCCC/C=C/CC/C=C/CC/C=C/C(O)C(COC1OC(CO)C(OC2OC(CO)C(O)C(O)C2O)C(O)C1O)NC(=O)CCCCCCCCCCCCCCCCC. The predicted octanol–water partition coefficient (Wildman–Crippen LogP) is 5.15. The summed E-state index contributed by atoms with van der Waals surface area (Å²) >= 11 is 0. The standard InChI is InChI=1S/C47H85NO13/c1-3-5-7-9-11-13-15-17-18-19-21-23-25-27-29-31-39(52)48-35(36(51)30-28-26-24-22-20-16-14-12-10-8-6-4-2)34-58-46-44(57)42(55)45(38(33-50)60-46)61-47-43(56)41(54)40(53)37(32-49)59-47/h10,12,20,22,28,30,35-38,40-47,49-51,53-57H,3-9,11,13-19,21,23-27,29,31-34H2,1-2H3,(H,48,52)/b12-10+,22-20+,30-28+. The van der Waals surface area contributed by atoms with Crippen molar-refractivity contribution in [2.24, 2.45) is 0 Å². The van der Waals surface area contributed by atoms with E-state index in [0.717, 1.165) is 44.9 Å². The van der Waals surface area contributed by atoms with Gasteiger partial charge < -0.3 is 65.1 Å². The number of ether oxygens (including phenoxy) is 4. The molecular formula is C47H85NO13. The van der Waals surface area contributed by atoms with Crippen LogP contribution in [0.1, 0.15) is 162 Å². The molecule has 0 aromatic heterocycles. The minimum absolute atomic E-state index is 0.256. The minimum Gasteiger partial charge on any atom is -0.394 e. The Kier molecular flexibility index (Phi) is 31.4. The summed E-state index contributed by atoms with van der Waals surface area (Å²) in [5.74, 6) is -0.256. The van der Waals surface area contributed by atoms with Gasteiger partial charge >= 0.3 is 0 Å². The minimum atomic E-state index is -1.79. The van der Waals surface area contributed by atoms with Gasteiger partial charge in [0.1, 0.15) is 48.8 Å². The molecule has 1 amide bonds. The maximum absolute atomic E-state index is 13.1. The van der Waals surface area contributed by atoms with Gasteiger partial charge in [-0.1, -0.05) is 153 Å². The molecule has 14 nitrogen and oxygen atoms in total. The number of nitrogens with one attached hydrogen (secondary N) is 1. The molecule has 0 aromatic rings. The Morgan fingerprint density at radius 1 is 0.574 bits per heavy atom. The molecule has 61 heavy (non-hydrogen) atoms. The summed E-state index contributed by atoms with van der Waals surface area (Å²) in [4.78, 5) is 13.1. The number of aliphatic hydroxyl groups is 8. The van der Waals surface area contributed by atoms with E-state index in [1.54, 1.807) is 6.08 Å². The lowest BCUT2D eigenvalue weighted by Crippen LogP contribution is -2.65. The maximum atomic E-state index is 13.1. The Balaban J connectivity index is 1.90. The number of amides is 1. The average Bonchev–Trinajstić information content (AvgIpc) is 3.26. The molecule has 12 atom stereocenters. The molecule has 0 saturated carbocycles. The number of unbranched alkanes of at least 4 members (excludes halogenated alkanes) is 18. The molecule has 2 rings (SSSR count). The number of allylic oxidation sites excluding steroid dienone is 5. The van der Waals surface area contributed by atoms with Crippen molar-refractivity contribution in [2.45, 2.75) is 235 Å². The molecule has 14 heteroatoms. The van der Waals surface area contributed by atoms with Crippen molar-refractivity contribution < 1.29 is 64.6 Å². The summed E-state index contributed by atoms with van der Waals surface area (Å²) in [6.45, 7) is 2.69. The molecule has 0 bridgehead atoms. The highest BCUT2D eigenvalue weighted by Crippen LogP contribution is 2.30. The van der Waals surface area contributed by atoms with Crippen LogP contribution in [0.2, 0.25) is 0 Å². The number of rotatable bonds is 35. The van der Waals surface area contributed by atoms with E-state index in [-0.39, 0.29) is 18.9 Å². The van der Waals surface area contributed by atoms with Crippen molar-refractivity contribution in [3.8, 4) is 0 Å². The van der Waals surface area contributed by atoms with Crippen LogP contribution in [-0.4, -0.2) is 140 Å². The maximum Gasteiger partial charge on any atom is 0.220 e. The highest BCUT2D eigenvalue weighted by atomic mass is 16.7. The second-order valence-corrected chi connectivity index (χ2v) is 16.9. The normalized spacial score (nSPS) is 28.3. The van der Waals surface area contributed by atoms with Crippen LogP contribution in [-0.2, 0) is 23.7 Å². The Morgan fingerprint density at radius 2 is 1.05 bits per heavy atom.